The Balaban J connectivity index is 1.72. The Kier molecular flexibility index (Phi) is 4.06. The maximum atomic E-state index is 12.9. The van der Waals surface area contributed by atoms with Crippen molar-refractivity contribution in [2.24, 2.45) is 0 Å². The highest BCUT2D eigenvalue weighted by Crippen LogP contribution is 2.19. The van der Waals surface area contributed by atoms with Crippen molar-refractivity contribution in [1.82, 2.24) is 20.0 Å². The third-order valence-corrected chi connectivity index (χ3v) is 3.04. The van der Waals surface area contributed by atoms with E-state index in [2.05, 4.69) is 20.6 Å². The van der Waals surface area contributed by atoms with Gasteiger partial charge in [0.15, 0.2) is 5.82 Å². The lowest BCUT2D eigenvalue weighted by Crippen LogP contribution is -2.01. The molecule has 22 heavy (non-hydrogen) atoms. The number of aromatic nitrogens is 4. The Morgan fingerprint density at radius 1 is 1.09 bits per heavy atom. The Hall–Kier alpha value is -2.80. The second-order valence-electron chi connectivity index (χ2n) is 4.65. The number of hydrogen-bond acceptors (Lipinski definition) is 5. The van der Waals surface area contributed by atoms with Crippen molar-refractivity contribution in [3.05, 3.63) is 54.6 Å². The van der Waals surface area contributed by atoms with Crippen LogP contribution in [0.4, 0.5) is 15.9 Å². The van der Waals surface area contributed by atoms with E-state index in [0.717, 1.165) is 11.3 Å². The highest BCUT2D eigenvalue weighted by Gasteiger charge is 2.03. The van der Waals surface area contributed by atoms with Crippen molar-refractivity contribution in [2.45, 2.75) is 6.54 Å². The fourth-order valence-electron chi connectivity index (χ4n) is 1.97. The van der Waals surface area contributed by atoms with Gasteiger partial charge in [-0.05, 0) is 36.4 Å². The summed E-state index contributed by atoms with van der Waals surface area (Å²) < 4.78 is 14.5. The van der Waals surface area contributed by atoms with Gasteiger partial charge in [-0.25, -0.2) is 4.39 Å². The smallest absolute Gasteiger partial charge is 0.153 e. The Morgan fingerprint density at radius 3 is 2.59 bits per heavy atom. The summed E-state index contributed by atoms with van der Waals surface area (Å²) in [5.41, 5.74) is 2.23. The van der Waals surface area contributed by atoms with Crippen LogP contribution in [-0.2, 0) is 6.54 Å². The molecule has 112 valence electrons. The lowest BCUT2D eigenvalue weighted by molar-refractivity contribution is 0.269. The number of nitrogens with one attached hydrogen (secondary N) is 1. The molecule has 0 saturated carbocycles. The predicted octanol–water partition coefficient (Wildman–Crippen LogP) is 2.22. The van der Waals surface area contributed by atoms with Crippen LogP contribution in [0.3, 0.4) is 0 Å². The third-order valence-electron chi connectivity index (χ3n) is 3.04. The van der Waals surface area contributed by atoms with Crippen molar-refractivity contribution in [3.63, 3.8) is 0 Å². The highest BCUT2D eigenvalue weighted by molar-refractivity contribution is 5.61. The minimum Gasteiger partial charge on any atom is -0.394 e. The normalized spacial score (nSPS) is 10.6. The number of rotatable bonds is 5. The standard InChI is InChI=1S/C15H14FN5O/c16-12-3-1-11(2-4-12)14-5-6-15(20-19-14)18-13-9-17-21(10-13)7-8-22/h1-6,9-10,22H,7-8H2,(H,18,20). The van der Waals surface area contributed by atoms with Crippen molar-refractivity contribution >= 4 is 11.5 Å². The lowest BCUT2D eigenvalue weighted by Gasteiger charge is -2.03. The van der Waals surface area contributed by atoms with Gasteiger partial charge in [-0.15, -0.1) is 10.2 Å². The molecular formula is C15H14FN5O. The molecule has 1 aromatic carbocycles. The first-order chi connectivity index (χ1) is 10.7. The first-order valence-electron chi connectivity index (χ1n) is 6.74. The third kappa shape index (κ3) is 3.26. The number of benzene rings is 1. The molecule has 2 heterocycles. The first kappa shape index (κ1) is 14.2. The Morgan fingerprint density at radius 2 is 1.91 bits per heavy atom. The van der Waals surface area contributed by atoms with E-state index in [4.69, 9.17) is 5.11 Å². The molecule has 0 aliphatic rings. The molecule has 0 unspecified atom stereocenters. The van der Waals surface area contributed by atoms with Crippen molar-refractivity contribution < 1.29 is 9.50 Å². The molecular weight excluding hydrogens is 285 g/mol. The van der Waals surface area contributed by atoms with E-state index in [1.54, 1.807) is 41.3 Å². The van der Waals surface area contributed by atoms with Crippen LogP contribution in [0.25, 0.3) is 11.3 Å². The van der Waals surface area contributed by atoms with Crippen LogP contribution in [0.5, 0.6) is 0 Å². The van der Waals surface area contributed by atoms with Crippen LogP contribution in [0.1, 0.15) is 0 Å². The summed E-state index contributed by atoms with van der Waals surface area (Å²) in [6.45, 7) is 0.476. The van der Waals surface area contributed by atoms with Crippen LogP contribution in [0.15, 0.2) is 48.8 Å². The quantitative estimate of drug-likeness (QED) is 0.755. The molecule has 7 heteroatoms. The molecule has 2 aromatic heterocycles. The summed E-state index contributed by atoms with van der Waals surface area (Å²) in [6, 6.07) is 9.68. The Bertz CT molecular complexity index is 739. The van der Waals surface area contributed by atoms with E-state index in [9.17, 15) is 4.39 Å². The van der Waals surface area contributed by atoms with Gasteiger partial charge in [-0.3, -0.25) is 4.68 Å². The maximum Gasteiger partial charge on any atom is 0.153 e. The Labute approximate surface area is 126 Å². The van der Waals surface area contributed by atoms with Crippen LogP contribution in [0, 0.1) is 5.82 Å². The molecule has 3 rings (SSSR count). The maximum absolute atomic E-state index is 12.9. The molecule has 0 aliphatic carbocycles. The van der Waals surface area contributed by atoms with E-state index in [0.29, 0.717) is 18.1 Å². The summed E-state index contributed by atoms with van der Waals surface area (Å²) in [5, 5.41) is 24.2. The summed E-state index contributed by atoms with van der Waals surface area (Å²) in [5.74, 6) is 0.296. The number of halogens is 1. The van der Waals surface area contributed by atoms with Crippen LogP contribution in [-0.4, -0.2) is 31.7 Å². The van der Waals surface area contributed by atoms with Gasteiger partial charge in [-0.2, -0.15) is 5.10 Å². The lowest BCUT2D eigenvalue weighted by atomic mass is 10.1. The topological polar surface area (TPSA) is 75.9 Å². The van der Waals surface area contributed by atoms with Crippen LogP contribution >= 0.6 is 0 Å². The fraction of sp³-hybridized carbons (Fsp3) is 0.133. The number of hydrogen-bond donors (Lipinski definition) is 2. The van der Waals surface area contributed by atoms with Gasteiger partial charge in [0.25, 0.3) is 0 Å². The van der Waals surface area contributed by atoms with Gasteiger partial charge in [-0.1, -0.05) is 0 Å². The number of aliphatic hydroxyl groups is 1. The zero-order chi connectivity index (χ0) is 15.4. The first-order valence-corrected chi connectivity index (χ1v) is 6.74. The fourth-order valence-corrected chi connectivity index (χ4v) is 1.97. The molecule has 0 bridgehead atoms. The van der Waals surface area contributed by atoms with Crippen LogP contribution < -0.4 is 5.32 Å². The van der Waals surface area contributed by atoms with Crippen molar-refractivity contribution in [3.8, 4) is 11.3 Å². The number of nitrogens with zero attached hydrogens (tertiary/aromatic N) is 4. The van der Waals surface area contributed by atoms with E-state index in [1.807, 2.05) is 0 Å². The van der Waals surface area contributed by atoms with Gasteiger partial charge < -0.3 is 10.4 Å². The summed E-state index contributed by atoms with van der Waals surface area (Å²) in [7, 11) is 0. The number of aliphatic hydroxyl groups excluding tert-OH is 1. The second kappa shape index (κ2) is 6.31. The van der Waals surface area contributed by atoms with Gasteiger partial charge in [0.1, 0.15) is 5.82 Å². The largest absolute Gasteiger partial charge is 0.394 e. The zero-order valence-corrected chi connectivity index (χ0v) is 11.6. The minimum atomic E-state index is -0.283. The second-order valence-corrected chi connectivity index (χ2v) is 4.65. The average Bonchev–Trinajstić information content (AvgIpc) is 2.97. The van der Waals surface area contributed by atoms with E-state index < -0.39 is 0 Å². The average molecular weight is 299 g/mol. The summed E-state index contributed by atoms with van der Waals surface area (Å²) in [4.78, 5) is 0. The van der Waals surface area contributed by atoms with Crippen molar-refractivity contribution in [1.29, 1.82) is 0 Å². The molecule has 0 radical (unpaired) electrons. The number of anilines is 2. The van der Waals surface area contributed by atoms with Crippen molar-refractivity contribution in [2.75, 3.05) is 11.9 Å². The van der Waals surface area contributed by atoms with Gasteiger partial charge in [0.2, 0.25) is 0 Å². The molecule has 0 amide bonds. The molecule has 3 aromatic rings. The van der Waals surface area contributed by atoms with Gasteiger partial charge >= 0.3 is 0 Å². The summed E-state index contributed by atoms with van der Waals surface area (Å²) >= 11 is 0. The zero-order valence-electron chi connectivity index (χ0n) is 11.6. The molecule has 0 atom stereocenters. The minimum absolute atomic E-state index is 0.0350. The molecule has 6 nitrogen and oxygen atoms in total. The molecule has 0 saturated heterocycles. The van der Waals surface area contributed by atoms with E-state index in [-0.39, 0.29) is 12.4 Å². The van der Waals surface area contributed by atoms with Crippen LogP contribution in [0.2, 0.25) is 0 Å². The predicted molar refractivity (Wildman–Crippen MR) is 80.0 cm³/mol. The molecule has 0 spiro atoms. The molecule has 0 aliphatic heterocycles. The molecule has 2 N–H and O–H groups in total. The van der Waals surface area contributed by atoms with Gasteiger partial charge in [0, 0.05) is 11.8 Å². The monoisotopic (exact) mass is 299 g/mol. The SMILES string of the molecule is OCCn1cc(Nc2ccc(-c3ccc(F)cc3)nn2)cn1. The van der Waals surface area contributed by atoms with E-state index in [1.165, 1.54) is 12.1 Å². The highest BCUT2D eigenvalue weighted by atomic mass is 19.1. The van der Waals surface area contributed by atoms with Gasteiger partial charge in [0.05, 0.1) is 30.7 Å². The molecule has 0 fully saturated rings. The summed E-state index contributed by atoms with van der Waals surface area (Å²) in [6.07, 6.45) is 3.41. The van der Waals surface area contributed by atoms with E-state index >= 15 is 0 Å².